The van der Waals surface area contributed by atoms with Crippen LogP contribution in [-0.4, -0.2) is 59.6 Å². The van der Waals surface area contributed by atoms with Crippen LogP contribution in [0, 0.1) is 12.8 Å². The van der Waals surface area contributed by atoms with Crippen molar-refractivity contribution in [2.45, 2.75) is 40.8 Å². The smallest absolute Gasteiger partial charge is 0.325 e. The molecule has 11 nitrogen and oxygen atoms in total. The molecule has 3 aliphatic rings. The van der Waals surface area contributed by atoms with Gasteiger partial charge in [0, 0.05) is 13.0 Å². The van der Waals surface area contributed by atoms with E-state index in [0.29, 0.717) is 28.3 Å². The number of nitrogens with zero attached hydrogens (tertiary/aromatic N) is 3. The molecule has 1 aliphatic carbocycles. The number of rotatable bonds is 4. The summed E-state index contributed by atoms with van der Waals surface area (Å²) in [5, 5.41) is 23.2. The minimum atomic E-state index is -4.35. The van der Waals surface area contributed by atoms with Crippen LogP contribution in [-0.2, 0) is 14.9 Å². The van der Waals surface area contributed by atoms with Gasteiger partial charge >= 0.3 is 6.03 Å². The van der Waals surface area contributed by atoms with Crippen LogP contribution in [0.2, 0.25) is 0 Å². The van der Waals surface area contributed by atoms with Gasteiger partial charge in [0.05, 0.1) is 21.7 Å². The number of aliphatic hydroxyl groups is 1. The molecule has 0 aromatic heterocycles. The van der Waals surface area contributed by atoms with E-state index in [0.717, 1.165) is 4.90 Å². The molecule has 0 bridgehead atoms. The molecule has 0 spiro atoms. The van der Waals surface area contributed by atoms with Crippen molar-refractivity contribution in [3.05, 3.63) is 41.6 Å². The number of fused-ring (bicyclic) bond motifs is 1. The number of nitrogens with one attached hydrogen (secondary N) is 2. The summed E-state index contributed by atoms with van der Waals surface area (Å²) >= 11 is 1.34. The Hall–Kier alpha value is -2.74. The molecule has 170 valence electrons. The van der Waals surface area contributed by atoms with Gasteiger partial charge in [0.25, 0.3) is 16.0 Å². The van der Waals surface area contributed by atoms with E-state index in [1.54, 1.807) is 25.1 Å². The molecule has 32 heavy (non-hydrogen) atoms. The molecular weight excluding hydrogens is 458 g/mol. The van der Waals surface area contributed by atoms with E-state index in [4.69, 9.17) is 0 Å². The Labute approximate surface area is 188 Å². The first-order valence-electron chi connectivity index (χ1n) is 9.65. The van der Waals surface area contributed by atoms with Crippen molar-refractivity contribution in [2.75, 3.05) is 12.4 Å². The second-order valence-corrected chi connectivity index (χ2v) is 10.1. The van der Waals surface area contributed by atoms with Gasteiger partial charge in [-0.1, -0.05) is 30.0 Å². The Morgan fingerprint density at radius 2 is 2.03 bits per heavy atom. The van der Waals surface area contributed by atoms with Gasteiger partial charge in [-0.3, -0.25) is 19.6 Å². The zero-order chi connectivity index (χ0) is 23.2. The van der Waals surface area contributed by atoms with Crippen molar-refractivity contribution >= 4 is 39.5 Å². The lowest BCUT2D eigenvalue weighted by Crippen LogP contribution is -2.60. The molecular formula is C19H21N5O6S2. The van der Waals surface area contributed by atoms with E-state index in [-0.39, 0.29) is 16.2 Å². The normalized spacial score (nSPS) is 27.9. The highest BCUT2D eigenvalue weighted by atomic mass is 32.2. The topological polar surface area (TPSA) is 161 Å². The molecule has 1 saturated heterocycles. The summed E-state index contributed by atoms with van der Waals surface area (Å²) in [6, 6.07) is 1.50. The number of allylic oxidation sites excluding steroid dienone is 2. The fourth-order valence-electron chi connectivity index (χ4n) is 3.62. The third-order valence-electron chi connectivity index (χ3n) is 5.41. The van der Waals surface area contributed by atoms with Crippen molar-refractivity contribution in [3.63, 3.8) is 0 Å². The summed E-state index contributed by atoms with van der Waals surface area (Å²) < 4.78 is 33.3. The van der Waals surface area contributed by atoms with Gasteiger partial charge in [-0.2, -0.15) is 18.6 Å². The van der Waals surface area contributed by atoms with E-state index < -0.39 is 34.3 Å². The van der Waals surface area contributed by atoms with Crippen molar-refractivity contribution in [1.29, 1.82) is 0 Å². The van der Waals surface area contributed by atoms with Crippen molar-refractivity contribution in [3.8, 4) is 0 Å². The number of azo groups is 1. The lowest BCUT2D eigenvalue weighted by atomic mass is 9.99. The number of hydrogen-bond donors (Lipinski definition) is 4. The van der Waals surface area contributed by atoms with Crippen LogP contribution in [0.4, 0.5) is 10.5 Å². The average Bonchev–Trinajstić information content (AvgIpc) is 3.15. The molecule has 2 aliphatic heterocycles. The van der Waals surface area contributed by atoms with E-state index in [2.05, 4.69) is 20.9 Å². The molecule has 0 radical (unpaired) electrons. The van der Waals surface area contributed by atoms with Gasteiger partial charge in [0.15, 0.2) is 12.3 Å². The number of thioether (sulfide) groups is 1. The number of benzene rings is 1. The highest BCUT2D eigenvalue weighted by Gasteiger charge is 2.39. The van der Waals surface area contributed by atoms with Crippen LogP contribution in [0.15, 0.2) is 56.1 Å². The maximum Gasteiger partial charge on any atom is 0.325 e. The Bertz CT molecular complexity index is 1180. The molecule has 1 aromatic rings. The minimum absolute atomic E-state index is 0.00762. The first kappa shape index (κ1) is 22.5. The van der Waals surface area contributed by atoms with Gasteiger partial charge in [-0.25, -0.2) is 4.79 Å². The zero-order valence-corrected chi connectivity index (χ0v) is 18.7. The van der Waals surface area contributed by atoms with Gasteiger partial charge in [0.1, 0.15) is 4.90 Å². The first-order chi connectivity index (χ1) is 15.1. The zero-order valence-electron chi connectivity index (χ0n) is 17.1. The number of carbonyl (C=O) groups excluding carboxylic acids is 2. The maximum absolute atomic E-state index is 11.9. The van der Waals surface area contributed by atoms with Crippen LogP contribution in [0.1, 0.15) is 12.0 Å². The molecule has 1 aromatic carbocycles. The van der Waals surface area contributed by atoms with E-state index in [1.807, 2.05) is 12.2 Å². The minimum Gasteiger partial charge on any atom is -0.371 e. The predicted octanol–water partition coefficient (Wildman–Crippen LogP) is 1.87. The van der Waals surface area contributed by atoms with Crippen LogP contribution in [0.25, 0.3) is 0 Å². The summed E-state index contributed by atoms with van der Waals surface area (Å²) in [5.74, 6) is -0.718. The van der Waals surface area contributed by atoms with Crippen molar-refractivity contribution in [1.82, 2.24) is 10.2 Å². The lowest BCUT2D eigenvalue weighted by molar-refractivity contribution is -0.129. The fourth-order valence-corrected chi connectivity index (χ4v) is 6.23. The van der Waals surface area contributed by atoms with Gasteiger partial charge in [0.2, 0.25) is 0 Å². The number of hydrogen-bond acceptors (Lipinski definition) is 9. The molecule has 2 unspecified atom stereocenters. The number of anilines is 1. The summed E-state index contributed by atoms with van der Waals surface area (Å²) in [4.78, 5) is 24.8. The highest BCUT2D eigenvalue weighted by Crippen LogP contribution is 2.47. The molecule has 13 heteroatoms. The summed E-state index contributed by atoms with van der Waals surface area (Å²) in [6.07, 6.45) is 4.61. The molecule has 0 saturated carbocycles. The molecule has 2 heterocycles. The SMILES string of the molecule is Cc1ccc2c(c1S(=O)(=O)O)SC([C@@H]1C=CC(N=N[C@H]3C(=O)NC(=O)N(C)C3O)=CC1)N2. The summed E-state index contributed by atoms with van der Waals surface area (Å²) in [5.41, 5.74) is 1.62. The molecule has 3 amide bonds. The Kier molecular flexibility index (Phi) is 5.83. The summed E-state index contributed by atoms with van der Waals surface area (Å²) in [7, 11) is -3.01. The predicted molar refractivity (Wildman–Crippen MR) is 116 cm³/mol. The third-order valence-corrected chi connectivity index (χ3v) is 7.96. The van der Waals surface area contributed by atoms with E-state index >= 15 is 0 Å². The Morgan fingerprint density at radius 1 is 1.28 bits per heavy atom. The first-order valence-corrected chi connectivity index (χ1v) is 12.0. The standard InChI is InChI=1S/C19H21N5O6S2/c1-9-3-8-12-14(15(9)32(28,29)30)31-17(20-12)10-4-6-11(7-5-10)22-23-13-16(25)21-19(27)24(2)18(13)26/h3-4,6-8,10,13,17-18,20,26H,5H2,1-2H3,(H,21,25,27)(H,28,29,30)/t10-,13+,17?,18?/m1/s1. The van der Waals surface area contributed by atoms with Crippen LogP contribution in [0.3, 0.4) is 0 Å². The number of aliphatic hydroxyl groups excluding tert-OH is 1. The average molecular weight is 480 g/mol. The maximum atomic E-state index is 11.9. The van der Waals surface area contributed by atoms with E-state index in [9.17, 15) is 27.7 Å². The van der Waals surface area contributed by atoms with Crippen LogP contribution < -0.4 is 10.6 Å². The number of likely N-dealkylation sites (N-methyl/N-ethyl adjacent to an activating group) is 1. The van der Waals surface area contributed by atoms with Crippen LogP contribution in [0.5, 0.6) is 0 Å². The molecule has 4 N–H and O–H groups in total. The number of urea groups is 1. The Morgan fingerprint density at radius 3 is 2.69 bits per heavy atom. The molecule has 1 fully saturated rings. The van der Waals surface area contributed by atoms with Crippen molar-refractivity contribution in [2.24, 2.45) is 16.1 Å². The fraction of sp³-hybridized carbons (Fsp3) is 0.368. The number of amides is 3. The van der Waals surface area contributed by atoms with Gasteiger partial charge < -0.3 is 10.4 Å². The van der Waals surface area contributed by atoms with E-state index in [1.165, 1.54) is 18.8 Å². The second-order valence-electron chi connectivity index (χ2n) is 7.61. The van der Waals surface area contributed by atoms with Crippen molar-refractivity contribution < 1.29 is 27.7 Å². The van der Waals surface area contributed by atoms with Crippen LogP contribution >= 0.6 is 11.8 Å². The molecule has 4 rings (SSSR count). The number of aryl methyl sites for hydroxylation is 1. The lowest BCUT2D eigenvalue weighted by Gasteiger charge is -2.31. The third kappa shape index (κ3) is 4.16. The van der Waals surface area contributed by atoms with Gasteiger partial charge in [-0.05, 0) is 31.1 Å². The quantitative estimate of drug-likeness (QED) is 0.376. The molecule has 4 atom stereocenters. The second kappa shape index (κ2) is 8.31. The summed E-state index contributed by atoms with van der Waals surface area (Å²) in [6.45, 7) is 1.63. The highest BCUT2D eigenvalue weighted by molar-refractivity contribution is 8.01. The Balaban J connectivity index is 1.43. The largest absolute Gasteiger partial charge is 0.371 e. The number of imide groups is 1. The van der Waals surface area contributed by atoms with Gasteiger partial charge in [-0.15, -0.1) is 0 Å². The monoisotopic (exact) mass is 479 g/mol. The number of carbonyl (C=O) groups is 2.